The maximum atomic E-state index is 2.45. The average Bonchev–Trinajstić information content (AvgIpc) is 2.26. The Morgan fingerprint density at radius 3 is 1.68 bits per heavy atom. The number of rotatable bonds is 11. The minimum atomic E-state index is 0. The molecule has 0 aliphatic carbocycles. The van der Waals surface area contributed by atoms with Crippen LogP contribution in [0, 0.1) is 0 Å². The molecule has 120 valence electrons. The lowest BCUT2D eigenvalue weighted by Crippen LogP contribution is -3.00. The minimum absolute atomic E-state index is 0. The highest BCUT2D eigenvalue weighted by Crippen LogP contribution is 2.10. The maximum absolute atomic E-state index is 2.45. The zero-order valence-corrected chi connectivity index (χ0v) is 18.8. The van der Waals surface area contributed by atoms with Crippen molar-refractivity contribution in [3.05, 3.63) is 0 Å². The standard InChI is InChI=1S/C15H35NS.2HI/c1-6-11-16(4,12-7-2)13-9-10-15-17(5)14-8-3;;/h6-15H2,1-5H3;2*1H/q+2;;/p-2. The molecule has 0 N–H and O–H groups in total. The van der Waals surface area contributed by atoms with Crippen LogP contribution in [0.1, 0.15) is 52.9 Å². The third kappa shape index (κ3) is 14.5. The van der Waals surface area contributed by atoms with E-state index < -0.39 is 0 Å². The van der Waals surface area contributed by atoms with Crippen LogP contribution in [0.25, 0.3) is 0 Å². The van der Waals surface area contributed by atoms with Gasteiger partial charge in [-0.25, -0.2) is 0 Å². The Bertz CT molecular complexity index is 174. The molecule has 19 heavy (non-hydrogen) atoms. The molecule has 0 bridgehead atoms. The summed E-state index contributed by atoms with van der Waals surface area (Å²) in [6, 6.07) is 0. The second-order valence-electron chi connectivity index (χ2n) is 5.69. The van der Waals surface area contributed by atoms with Gasteiger partial charge >= 0.3 is 0 Å². The molecule has 0 aliphatic rings. The first kappa shape index (κ1) is 25.7. The fraction of sp³-hybridized carbons (Fsp3) is 1.00. The number of nitrogens with zero attached hydrogens (tertiary/aromatic N) is 1. The molecule has 0 aliphatic heterocycles. The molecule has 4 heteroatoms. The number of unbranched alkanes of at least 4 members (excludes halogenated alkanes) is 1. The van der Waals surface area contributed by atoms with Crippen molar-refractivity contribution in [3.63, 3.8) is 0 Å². The lowest BCUT2D eigenvalue weighted by Gasteiger charge is -2.34. The van der Waals surface area contributed by atoms with Crippen molar-refractivity contribution < 1.29 is 52.4 Å². The molecule has 1 nitrogen and oxygen atoms in total. The highest BCUT2D eigenvalue weighted by Gasteiger charge is 2.19. The third-order valence-electron chi connectivity index (χ3n) is 3.52. The summed E-state index contributed by atoms with van der Waals surface area (Å²) in [4.78, 5) is 0. The summed E-state index contributed by atoms with van der Waals surface area (Å²) in [5, 5.41) is 0. The minimum Gasteiger partial charge on any atom is -1.00 e. The first-order valence-corrected chi connectivity index (χ1v) is 9.47. The molecule has 0 aromatic carbocycles. The van der Waals surface area contributed by atoms with E-state index in [0.717, 1.165) is 0 Å². The molecule has 0 aromatic rings. The molecule has 1 atom stereocenters. The van der Waals surface area contributed by atoms with Crippen LogP contribution in [0.5, 0.6) is 0 Å². The van der Waals surface area contributed by atoms with Crippen LogP contribution >= 0.6 is 0 Å². The Morgan fingerprint density at radius 2 is 1.26 bits per heavy atom. The molecule has 0 amide bonds. The van der Waals surface area contributed by atoms with Gasteiger partial charge in [-0.15, -0.1) is 0 Å². The molecular weight excluding hydrogens is 480 g/mol. The van der Waals surface area contributed by atoms with Crippen molar-refractivity contribution in [2.45, 2.75) is 52.9 Å². The van der Waals surface area contributed by atoms with Crippen LogP contribution in [0.2, 0.25) is 0 Å². The van der Waals surface area contributed by atoms with Gasteiger partial charge in [-0.1, -0.05) is 20.8 Å². The van der Waals surface area contributed by atoms with Crippen LogP contribution in [-0.2, 0) is 10.9 Å². The lowest BCUT2D eigenvalue weighted by molar-refractivity contribution is -0.909. The summed E-state index contributed by atoms with van der Waals surface area (Å²) in [5.74, 6) is 2.90. The highest BCUT2D eigenvalue weighted by molar-refractivity contribution is 7.96. The predicted molar refractivity (Wildman–Crippen MR) is 83.9 cm³/mol. The molecule has 0 saturated heterocycles. The lowest BCUT2D eigenvalue weighted by atomic mass is 10.2. The SMILES string of the molecule is CCC[S+](C)CCCC[N+](C)(CCC)CCC.[I-].[I-]. The van der Waals surface area contributed by atoms with E-state index >= 15 is 0 Å². The van der Waals surface area contributed by atoms with Gasteiger partial charge in [0, 0.05) is 6.42 Å². The fourth-order valence-electron chi connectivity index (χ4n) is 2.71. The number of halogens is 2. The van der Waals surface area contributed by atoms with Crippen molar-refractivity contribution in [2.24, 2.45) is 0 Å². The van der Waals surface area contributed by atoms with Gasteiger partial charge in [-0.05, 0) is 36.6 Å². The average molecular weight is 515 g/mol. The molecular formula is C15H35I2NS. The zero-order valence-electron chi connectivity index (χ0n) is 13.7. The molecule has 0 saturated carbocycles. The van der Waals surface area contributed by atoms with E-state index in [-0.39, 0.29) is 48.0 Å². The molecule has 0 radical (unpaired) electrons. The normalized spacial score (nSPS) is 12.5. The summed E-state index contributed by atoms with van der Waals surface area (Å²) in [7, 11) is 3.14. The molecule has 0 fully saturated rings. The molecule has 1 unspecified atom stereocenters. The van der Waals surface area contributed by atoms with E-state index in [9.17, 15) is 0 Å². The summed E-state index contributed by atoms with van der Waals surface area (Å²) >= 11 is 0. The topological polar surface area (TPSA) is 0 Å². The van der Waals surface area contributed by atoms with Crippen molar-refractivity contribution in [2.75, 3.05) is 44.4 Å². The van der Waals surface area contributed by atoms with Crippen molar-refractivity contribution in [1.82, 2.24) is 0 Å². The molecule has 0 spiro atoms. The molecule has 0 rings (SSSR count). The smallest absolute Gasteiger partial charge is 0.108 e. The van der Waals surface area contributed by atoms with E-state index in [1.54, 1.807) is 0 Å². The van der Waals surface area contributed by atoms with E-state index in [4.69, 9.17) is 0 Å². The summed E-state index contributed by atoms with van der Waals surface area (Å²) in [6.07, 6.45) is 9.32. The summed E-state index contributed by atoms with van der Waals surface area (Å²) in [5.41, 5.74) is 0. The first-order chi connectivity index (χ1) is 8.08. The van der Waals surface area contributed by atoms with Gasteiger partial charge < -0.3 is 52.4 Å². The van der Waals surface area contributed by atoms with E-state index in [1.807, 2.05) is 0 Å². The third-order valence-corrected chi connectivity index (χ3v) is 5.61. The molecule has 0 aromatic heterocycles. The monoisotopic (exact) mass is 515 g/mol. The van der Waals surface area contributed by atoms with Crippen LogP contribution in [0.15, 0.2) is 0 Å². The second kappa shape index (κ2) is 16.1. The first-order valence-electron chi connectivity index (χ1n) is 7.50. The van der Waals surface area contributed by atoms with Gasteiger partial charge in [0.15, 0.2) is 0 Å². The Morgan fingerprint density at radius 1 is 0.737 bits per heavy atom. The second-order valence-corrected chi connectivity index (χ2v) is 8.07. The van der Waals surface area contributed by atoms with Crippen LogP contribution < -0.4 is 48.0 Å². The van der Waals surface area contributed by atoms with E-state index in [2.05, 4.69) is 34.1 Å². The maximum Gasteiger partial charge on any atom is 0.108 e. The predicted octanol–water partition coefficient (Wildman–Crippen LogP) is -2.30. The quantitative estimate of drug-likeness (QED) is 0.126. The Kier molecular flexibility index (Phi) is 21.8. The highest BCUT2D eigenvalue weighted by atomic mass is 127. The zero-order chi connectivity index (χ0) is 13.1. The van der Waals surface area contributed by atoms with E-state index in [0.29, 0.717) is 10.9 Å². The number of quaternary nitrogens is 1. The van der Waals surface area contributed by atoms with Crippen LogP contribution in [0.4, 0.5) is 0 Å². The van der Waals surface area contributed by atoms with Crippen LogP contribution in [-0.4, -0.2) is 48.9 Å². The van der Waals surface area contributed by atoms with Crippen LogP contribution in [0.3, 0.4) is 0 Å². The van der Waals surface area contributed by atoms with Crippen molar-refractivity contribution >= 4 is 10.9 Å². The number of hydrogen-bond acceptors (Lipinski definition) is 0. The van der Waals surface area contributed by atoms with Crippen molar-refractivity contribution in [3.8, 4) is 0 Å². The number of hydrogen-bond donors (Lipinski definition) is 0. The molecule has 0 heterocycles. The Balaban J connectivity index is -0.00000128. The summed E-state index contributed by atoms with van der Waals surface area (Å²) in [6.45, 7) is 11.1. The largest absolute Gasteiger partial charge is 1.00 e. The summed E-state index contributed by atoms with van der Waals surface area (Å²) < 4.78 is 1.30. The van der Waals surface area contributed by atoms with Gasteiger partial charge in [-0.2, -0.15) is 0 Å². The van der Waals surface area contributed by atoms with Gasteiger partial charge in [0.05, 0.1) is 32.9 Å². The Labute approximate surface area is 159 Å². The van der Waals surface area contributed by atoms with Crippen molar-refractivity contribution in [1.29, 1.82) is 0 Å². The van der Waals surface area contributed by atoms with Gasteiger partial charge in [0.25, 0.3) is 0 Å². The Hall–Kier alpha value is 1.77. The van der Waals surface area contributed by atoms with Gasteiger partial charge in [0.2, 0.25) is 0 Å². The van der Waals surface area contributed by atoms with E-state index in [1.165, 1.54) is 67.7 Å². The van der Waals surface area contributed by atoms with Gasteiger partial charge in [-0.3, -0.25) is 0 Å². The fourth-order valence-corrected chi connectivity index (χ4v) is 4.31. The van der Waals surface area contributed by atoms with Gasteiger partial charge in [0.1, 0.15) is 11.5 Å².